The summed E-state index contributed by atoms with van der Waals surface area (Å²) >= 11 is 0. The quantitative estimate of drug-likeness (QED) is 0.640. The minimum absolute atomic E-state index is 0.0364. The van der Waals surface area contributed by atoms with Crippen molar-refractivity contribution in [1.82, 2.24) is 15.1 Å². The van der Waals surface area contributed by atoms with E-state index in [1.54, 1.807) is 0 Å². The molecule has 7 nitrogen and oxygen atoms in total. The second-order valence-electron chi connectivity index (χ2n) is 8.15. The molecule has 1 aromatic rings. The molecule has 1 heterocycles. The van der Waals surface area contributed by atoms with Crippen LogP contribution in [0.1, 0.15) is 44.9 Å². The maximum Gasteiger partial charge on any atom is 0.389 e. The van der Waals surface area contributed by atoms with Crippen molar-refractivity contribution in [2.45, 2.75) is 51.5 Å². The number of nitro groups is 1. The van der Waals surface area contributed by atoms with Crippen molar-refractivity contribution in [1.29, 1.82) is 0 Å². The van der Waals surface area contributed by atoms with E-state index in [0.717, 1.165) is 24.2 Å². The van der Waals surface area contributed by atoms with Crippen molar-refractivity contribution in [3.63, 3.8) is 0 Å². The van der Waals surface area contributed by atoms with Crippen LogP contribution in [0.25, 0.3) is 0 Å². The zero-order valence-electron chi connectivity index (χ0n) is 13.8. The number of carbonyl (C=O) groups is 1. The fourth-order valence-electron chi connectivity index (χ4n) is 5.80. The summed E-state index contributed by atoms with van der Waals surface area (Å²) in [6.07, 6.45) is 10.9. The van der Waals surface area contributed by atoms with E-state index in [-0.39, 0.29) is 18.3 Å². The van der Waals surface area contributed by atoms with Crippen LogP contribution < -0.4 is 5.32 Å². The Morgan fingerprint density at radius 3 is 2.46 bits per heavy atom. The molecule has 5 rings (SSSR count). The summed E-state index contributed by atoms with van der Waals surface area (Å²) in [6, 6.07) is 1.31. The molecule has 1 amide bonds. The van der Waals surface area contributed by atoms with Gasteiger partial charge in [0.1, 0.15) is 6.54 Å². The monoisotopic (exact) mass is 332 g/mol. The summed E-state index contributed by atoms with van der Waals surface area (Å²) in [7, 11) is 0. The molecule has 4 aliphatic rings. The van der Waals surface area contributed by atoms with E-state index in [1.807, 2.05) is 0 Å². The predicted molar refractivity (Wildman–Crippen MR) is 87.1 cm³/mol. The van der Waals surface area contributed by atoms with Gasteiger partial charge in [-0.2, -0.15) is 4.68 Å². The molecule has 0 saturated heterocycles. The molecule has 1 aromatic heterocycles. The lowest BCUT2D eigenvalue weighted by atomic mass is 9.49. The van der Waals surface area contributed by atoms with Gasteiger partial charge in [-0.1, -0.05) is 0 Å². The molecular weight excluding hydrogens is 308 g/mol. The third-order valence-electron chi connectivity index (χ3n) is 6.26. The van der Waals surface area contributed by atoms with E-state index in [2.05, 4.69) is 10.4 Å². The van der Waals surface area contributed by atoms with Crippen molar-refractivity contribution in [2.24, 2.45) is 23.2 Å². The van der Waals surface area contributed by atoms with Crippen LogP contribution in [0, 0.1) is 33.3 Å². The molecule has 4 aliphatic carbocycles. The number of carbonyl (C=O) groups excluding carboxylic acids is 1. The molecule has 4 bridgehead atoms. The average Bonchev–Trinajstić information content (AvgIpc) is 2.94. The summed E-state index contributed by atoms with van der Waals surface area (Å²) in [6.45, 7) is 0.739. The largest absolute Gasteiger partial charge is 0.389 e. The van der Waals surface area contributed by atoms with Gasteiger partial charge in [-0.3, -0.25) is 4.79 Å². The van der Waals surface area contributed by atoms with Gasteiger partial charge in [-0.05, 0) is 73.0 Å². The number of aromatic nitrogens is 2. The molecule has 0 spiro atoms. The van der Waals surface area contributed by atoms with Gasteiger partial charge < -0.3 is 15.4 Å². The minimum Gasteiger partial charge on any atom is -0.358 e. The molecular formula is C17H24N4O3. The molecule has 4 saturated carbocycles. The molecule has 4 fully saturated rings. The summed E-state index contributed by atoms with van der Waals surface area (Å²) in [5.41, 5.74) is 0.465. The first-order valence-corrected chi connectivity index (χ1v) is 8.96. The van der Waals surface area contributed by atoms with E-state index in [1.165, 1.54) is 55.5 Å². The standard InChI is InChI=1S/C17H24N4O3/c22-16(11-20-4-1-15(19-20)21(23)24)18-3-2-17-8-12-5-13(9-17)7-14(6-12)10-17/h1,4,12-14H,2-3,5-11H2,(H,18,22). The van der Waals surface area contributed by atoms with Crippen LogP contribution in [0.5, 0.6) is 0 Å². The van der Waals surface area contributed by atoms with E-state index in [4.69, 9.17) is 0 Å². The topological polar surface area (TPSA) is 90.1 Å². The Morgan fingerprint density at radius 1 is 1.29 bits per heavy atom. The first-order valence-electron chi connectivity index (χ1n) is 8.96. The van der Waals surface area contributed by atoms with Gasteiger partial charge >= 0.3 is 5.82 Å². The number of rotatable bonds is 6. The fraction of sp³-hybridized carbons (Fsp3) is 0.765. The van der Waals surface area contributed by atoms with Crippen LogP contribution in [-0.2, 0) is 11.3 Å². The van der Waals surface area contributed by atoms with Crippen molar-refractivity contribution in [2.75, 3.05) is 6.54 Å². The van der Waals surface area contributed by atoms with Crippen molar-refractivity contribution < 1.29 is 9.72 Å². The van der Waals surface area contributed by atoms with Crippen LogP contribution in [0.3, 0.4) is 0 Å². The first kappa shape index (κ1) is 15.6. The Hall–Kier alpha value is -1.92. The van der Waals surface area contributed by atoms with Gasteiger partial charge in [0.15, 0.2) is 0 Å². The third kappa shape index (κ3) is 3.03. The maximum atomic E-state index is 12.0. The van der Waals surface area contributed by atoms with Gasteiger partial charge in [0, 0.05) is 6.54 Å². The molecule has 130 valence electrons. The van der Waals surface area contributed by atoms with Crippen LogP contribution in [0.15, 0.2) is 12.3 Å². The van der Waals surface area contributed by atoms with E-state index in [0.29, 0.717) is 12.0 Å². The normalized spacial score (nSPS) is 33.6. The van der Waals surface area contributed by atoms with Crippen molar-refractivity contribution >= 4 is 11.7 Å². The second kappa shape index (κ2) is 5.86. The Balaban J connectivity index is 1.26. The van der Waals surface area contributed by atoms with Gasteiger partial charge in [0.05, 0.1) is 17.4 Å². The third-order valence-corrected chi connectivity index (χ3v) is 6.26. The molecule has 0 unspecified atom stereocenters. The maximum absolute atomic E-state index is 12.0. The molecule has 0 aliphatic heterocycles. The Kier molecular flexibility index (Phi) is 3.81. The SMILES string of the molecule is O=C(Cn1ccc([N+](=O)[O-])n1)NCCC12CC3CC(CC(C3)C1)C2. The highest BCUT2D eigenvalue weighted by Crippen LogP contribution is 2.61. The Labute approximate surface area is 140 Å². The van der Waals surface area contributed by atoms with E-state index >= 15 is 0 Å². The summed E-state index contributed by atoms with van der Waals surface area (Å²) in [5, 5.41) is 17.4. The van der Waals surface area contributed by atoms with Gasteiger partial charge in [-0.15, -0.1) is 0 Å². The lowest BCUT2D eigenvalue weighted by Crippen LogP contribution is -2.47. The minimum atomic E-state index is -0.554. The highest BCUT2D eigenvalue weighted by Gasteiger charge is 2.50. The lowest BCUT2D eigenvalue weighted by molar-refractivity contribution is -0.389. The molecule has 7 heteroatoms. The molecule has 24 heavy (non-hydrogen) atoms. The van der Waals surface area contributed by atoms with Crippen molar-refractivity contribution in [3.8, 4) is 0 Å². The number of nitrogens with zero attached hydrogens (tertiary/aromatic N) is 3. The zero-order valence-corrected chi connectivity index (χ0v) is 13.8. The lowest BCUT2D eigenvalue weighted by Gasteiger charge is -2.57. The van der Waals surface area contributed by atoms with Crippen LogP contribution in [0.2, 0.25) is 0 Å². The number of hydrogen-bond donors (Lipinski definition) is 1. The predicted octanol–water partition coefficient (Wildman–Crippen LogP) is 2.51. The second-order valence-corrected chi connectivity index (χ2v) is 8.15. The molecule has 0 aromatic carbocycles. The summed E-state index contributed by atoms with van der Waals surface area (Å²) < 4.78 is 1.32. The summed E-state index contributed by atoms with van der Waals surface area (Å²) in [5.74, 6) is 2.43. The van der Waals surface area contributed by atoms with Crippen molar-refractivity contribution in [3.05, 3.63) is 22.4 Å². The molecule has 1 N–H and O–H groups in total. The van der Waals surface area contributed by atoms with Crippen LogP contribution in [-0.4, -0.2) is 27.2 Å². The molecule has 0 atom stereocenters. The first-order chi connectivity index (χ1) is 11.5. The molecule has 0 radical (unpaired) electrons. The smallest absolute Gasteiger partial charge is 0.358 e. The van der Waals surface area contributed by atoms with Crippen LogP contribution >= 0.6 is 0 Å². The highest BCUT2D eigenvalue weighted by atomic mass is 16.6. The van der Waals surface area contributed by atoms with Crippen LogP contribution in [0.4, 0.5) is 5.82 Å². The number of hydrogen-bond acceptors (Lipinski definition) is 4. The fourth-order valence-corrected chi connectivity index (χ4v) is 5.80. The average molecular weight is 332 g/mol. The van der Waals surface area contributed by atoms with Gasteiger partial charge in [-0.25, -0.2) is 0 Å². The summed E-state index contributed by atoms with van der Waals surface area (Å²) in [4.78, 5) is 22.1. The highest BCUT2D eigenvalue weighted by molar-refractivity contribution is 5.75. The Bertz CT molecular complexity index is 619. The Morgan fingerprint density at radius 2 is 1.92 bits per heavy atom. The zero-order chi connectivity index (χ0) is 16.7. The van der Waals surface area contributed by atoms with Gasteiger partial charge in [0.25, 0.3) is 0 Å². The number of nitrogens with one attached hydrogen (secondary N) is 1. The van der Waals surface area contributed by atoms with Gasteiger partial charge in [0.2, 0.25) is 5.91 Å². The van der Waals surface area contributed by atoms with E-state index < -0.39 is 4.92 Å². The van der Waals surface area contributed by atoms with E-state index in [9.17, 15) is 14.9 Å². The number of amides is 1.